The first-order chi connectivity index (χ1) is 30.5. The number of hydrogen-bond acceptors (Lipinski definition) is 12. The summed E-state index contributed by atoms with van der Waals surface area (Å²) in [6, 6.07) is 28.6. The van der Waals surface area contributed by atoms with Gasteiger partial charge in [0.15, 0.2) is 0 Å². The molecule has 4 aromatic carbocycles. The summed E-state index contributed by atoms with van der Waals surface area (Å²) in [4.78, 5) is 23.2. The number of nitrogens with zero attached hydrogens (tertiary/aromatic N) is 2. The molecule has 0 aliphatic carbocycles. The molecule has 4 rings (SSSR count). The Kier molecular flexibility index (Phi) is 22.9. The van der Waals surface area contributed by atoms with E-state index in [9.17, 15) is 14.7 Å². The average molecular weight is 898 g/mol. The first-order valence-electron chi connectivity index (χ1n) is 19.7. The summed E-state index contributed by atoms with van der Waals surface area (Å²) in [6.07, 6.45) is 0.380. The van der Waals surface area contributed by atoms with Gasteiger partial charge in [-0.05, 0) is 73.5 Å². The lowest BCUT2D eigenvalue weighted by atomic mass is 9.96. The Morgan fingerprint density at radius 2 is 0.937 bits per heavy atom. The second-order valence-corrected chi connectivity index (χ2v) is 14.5. The van der Waals surface area contributed by atoms with Gasteiger partial charge in [0, 0.05) is 19.2 Å². The summed E-state index contributed by atoms with van der Waals surface area (Å²) in [5.41, 5.74) is 2.59. The summed E-state index contributed by atoms with van der Waals surface area (Å²) < 4.78 is 37.9. The number of hydrogen-bond donors (Lipinski definition) is 1. The Hall–Kier alpha value is -6.38. The van der Waals surface area contributed by atoms with Crippen LogP contribution in [0.4, 0.5) is 0 Å². The third-order valence-electron chi connectivity index (χ3n) is 9.12. The zero-order valence-corrected chi connectivity index (χ0v) is 37.3. The van der Waals surface area contributed by atoms with Crippen molar-refractivity contribution in [2.75, 3.05) is 61.0 Å². The monoisotopic (exact) mass is 896 g/mol. The third kappa shape index (κ3) is 17.9. The molecular formula is C49H50Cl2N2O10. The predicted octanol–water partition coefficient (Wildman–Crippen LogP) is 8.55. The zero-order valence-electron chi connectivity index (χ0n) is 35.8. The van der Waals surface area contributed by atoms with Crippen molar-refractivity contribution in [3.63, 3.8) is 0 Å². The summed E-state index contributed by atoms with van der Waals surface area (Å²) in [5, 5.41) is 28.2. The zero-order chi connectivity index (χ0) is 46.0. The molecule has 4 atom stereocenters. The van der Waals surface area contributed by atoms with Gasteiger partial charge in [-0.2, -0.15) is 10.5 Å². The van der Waals surface area contributed by atoms with Crippen LogP contribution in [0.3, 0.4) is 0 Å². The second kappa shape index (κ2) is 28.3. The molecule has 12 nitrogen and oxygen atoms in total. The highest BCUT2D eigenvalue weighted by Gasteiger charge is 2.17. The lowest BCUT2D eigenvalue weighted by Crippen LogP contribution is -2.24. The number of aliphatic hydroxyl groups is 1. The van der Waals surface area contributed by atoms with Crippen molar-refractivity contribution in [3.05, 3.63) is 117 Å². The largest absolute Gasteiger partial charge is 0.493 e. The maximum atomic E-state index is 11.6. The van der Waals surface area contributed by atoms with E-state index in [1.165, 1.54) is 14.2 Å². The van der Waals surface area contributed by atoms with E-state index in [4.69, 9.17) is 66.9 Å². The Labute approximate surface area is 379 Å². The Morgan fingerprint density at radius 3 is 1.25 bits per heavy atom. The van der Waals surface area contributed by atoms with Gasteiger partial charge in [0.05, 0.1) is 112 Å². The highest BCUT2D eigenvalue weighted by molar-refractivity contribution is 6.32. The molecule has 63 heavy (non-hydrogen) atoms. The Morgan fingerprint density at radius 1 is 0.571 bits per heavy atom. The van der Waals surface area contributed by atoms with Crippen LogP contribution in [0.25, 0.3) is 0 Å². The van der Waals surface area contributed by atoms with Crippen LogP contribution < -0.4 is 18.9 Å². The van der Waals surface area contributed by atoms with Crippen LogP contribution >= 0.6 is 23.2 Å². The molecule has 1 N–H and O–H groups in total. The van der Waals surface area contributed by atoms with Crippen LogP contribution in [0.15, 0.2) is 84.9 Å². The van der Waals surface area contributed by atoms with Gasteiger partial charge < -0.3 is 38.3 Å². The number of halogens is 2. The van der Waals surface area contributed by atoms with E-state index >= 15 is 0 Å². The van der Waals surface area contributed by atoms with Crippen molar-refractivity contribution in [2.45, 2.75) is 38.5 Å². The lowest BCUT2D eigenvalue weighted by molar-refractivity contribution is -0.141. The quantitative estimate of drug-likeness (QED) is 0.0627. The van der Waals surface area contributed by atoms with Crippen molar-refractivity contribution in [3.8, 4) is 58.8 Å². The van der Waals surface area contributed by atoms with E-state index < -0.39 is 0 Å². The van der Waals surface area contributed by atoms with E-state index in [1.54, 1.807) is 69.5 Å². The fraction of sp³-hybridized carbons (Fsp3) is 0.347. The number of carbonyl (C=O) groups excluding carboxylic acids is 2. The normalized spacial score (nSPS) is 12.0. The molecular weight excluding hydrogens is 847 g/mol. The maximum absolute atomic E-state index is 11.6. The Balaban J connectivity index is 0.000000335. The minimum Gasteiger partial charge on any atom is -0.493 e. The number of methoxy groups -OCH3 is 3. The van der Waals surface area contributed by atoms with E-state index in [2.05, 4.69) is 23.7 Å². The number of nitriles is 2. The fourth-order valence-electron chi connectivity index (χ4n) is 5.69. The SMILES string of the molecule is CC#CC(CC(=O)OC)c1ccc(OCC(CO)COc2ccc(C#N)c(Cl)c2)cc1.CC#CC(CC(=O)OC)c1ccc(OCC(COC)COc2ccc(C#N)c(Cl)c2)cc1. The third-order valence-corrected chi connectivity index (χ3v) is 9.75. The molecule has 0 fully saturated rings. The molecule has 0 aliphatic rings. The predicted molar refractivity (Wildman–Crippen MR) is 239 cm³/mol. The molecule has 0 spiro atoms. The molecule has 0 aromatic heterocycles. The molecule has 14 heteroatoms. The van der Waals surface area contributed by atoms with Gasteiger partial charge in [-0.1, -0.05) is 59.3 Å². The van der Waals surface area contributed by atoms with Gasteiger partial charge in [0.1, 0.15) is 35.1 Å². The first-order valence-corrected chi connectivity index (χ1v) is 20.4. The lowest BCUT2D eigenvalue weighted by Gasteiger charge is -2.18. The van der Waals surface area contributed by atoms with Crippen LogP contribution in [-0.2, 0) is 23.8 Å². The van der Waals surface area contributed by atoms with Gasteiger partial charge in [0.2, 0.25) is 0 Å². The average Bonchev–Trinajstić information content (AvgIpc) is 3.30. The summed E-state index contributed by atoms with van der Waals surface area (Å²) in [7, 11) is 4.34. The molecule has 330 valence electrons. The minimum absolute atomic E-state index is 0.0212. The summed E-state index contributed by atoms with van der Waals surface area (Å²) >= 11 is 12.1. The topological polar surface area (TPSA) is 167 Å². The van der Waals surface area contributed by atoms with Gasteiger partial charge >= 0.3 is 11.9 Å². The van der Waals surface area contributed by atoms with Crippen LogP contribution in [0.2, 0.25) is 10.0 Å². The van der Waals surface area contributed by atoms with E-state index in [1.807, 2.05) is 48.5 Å². The number of esters is 2. The molecule has 0 amide bonds. The first kappa shape index (κ1) is 51.0. The van der Waals surface area contributed by atoms with E-state index in [0.29, 0.717) is 64.0 Å². The van der Waals surface area contributed by atoms with Crippen molar-refractivity contribution in [2.24, 2.45) is 11.8 Å². The standard InChI is InChI=1S/C25H26ClNO5.C24H24ClNO5/c1-4-5-20(12-25(28)30-3)19-6-9-22(10-7-19)31-16-18(15-29-2)17-32-23-11-8-21(14-27)24(26)13-23;1-3-4-19(11-24(28)29-2)18-5-8-21(9-6-18)30-15-17(14-27)16-31-22-10-7-20(13-26)23(25)12-22/h6-11,13,18,20H,12,15-17H2,1-3H3;5-10,12,17,19,27H,11,14-16H2,1-2H3. The molecule has 0 saturated heterocycles. The van der Waals surface area contributed by atoms with E-state index in [0.717, 1.165) is 11.1 Å². The number of carbonyl (C=O) groups is 2. The van der Waals surface area contributed by atoms with Gasteiger partial charge in [-0.3, -0.25) is 9.59 Å². The highest BCUT2D eigenvalue weighted by atomic mass is 35.5. The number of ether oxygens (including phenoxy) is 7. The highest BCUT2D eigenvalue weighted by Crippen LogP contribution is 2.26. The van der Waals surface area contributed by atoms with Crippen LogP contribution in [0.5, 0.6) is 23.0 Å². The number of aliphatic hydroxyl groups excluding tert-OH is 1. The van der Waals surface area contributed by atoms with Gasteiger partial charge in [-0.15, -0.1) is 11.8 Å². The number of benzene rings is 4. The summed E-state index contributed by atoms with van der Waals surface area (Å²) in [5.74, 6) is 12.8. The minimum atomic E-state index is -0.317. The Bertz CT molecular complexity index is 2280. The van der Waals surface area contributed by atoms with Gasteiger partial charge in [-0.25, -0.2) is 0 Å². The molecule has 0 saturated carbocycles. The van der Waals surface area contributed by atoms with Crippen molar-refractivity contribution in [1.29, 1.82) is 10.5 Å². The molecule has 4 aromatic rings. The molecule has 0 heterocycles. The van der Waals surface area contributed by atoms with Crippen molar-refractivity contribution < 1.29 is 47.9 Å². The summed E-state index contributed by atoms with van der Waals surface area (Å²) in [6.45, 7) is 5.03. The molecule has 0 aliphatic heterocycles. The molecule has 0 radical (unpaired) electrons. The van der Waals surface area contributed by atoms with Crippen molar-refractivity contribution >= 4 is 35.1 Å². The maximum Gasteiger partial charge on any atom is 0.307 e. The van der Waals surface area contributed by atoms with Crippen LogP contribution in [0.1, 0.15) is 60.8 Å². The second-order valence-electron chi connectivity index (χ2n) is 13.7. The van der Waals surface area contributed by atoms with Crippen LogP contribution in [-0.4, -0.2) is 78.0 Å². The molecule has 0 bridgehead atoms. The number of rotatable bonds is 21. The van der Waals surface area contributed by atoms with E-state index in [-0.39, 0.29) is 68.3 Å². The van der Waals surface area contributed by atoms with Crippen molar-refractivity contribution in [1.82, 2.24) is 0 Å². The fourth-order valence-corrected chi connectivity index (χ4v) is 6.11. The molecule has 4 unspecified atom stereocenters. The van der Waals surface area contributed by atoms with Crippen LogP contribution in [0, 0.1) is 58.2 Å². The van der Waals surface area contributed by atoms with Gasteiger partial charge in [0.25, 0.3) is 0 Å². The smallest absolute Gasteiger partial charge is 0.307 e.